The van der Waals surface area contributed by atoms with Gasteiger partial charge in [-0.25, -0.2) is 13.4 Å². The fourth-order valence-electron chi connectivity index (χ4n) is 5.68. The highest BCUT2D eigenvalue weighted by molar-refractivity contribution is 8.23. The average Bonchev–Trinajstić information content (AvgIpc) is 3.07. The van der Waals surface area contributed by atoms with Crippen molar-refractivity contribution in [2.24, 2.45) is 0 Å². The van der Waals surface area contributed by atoms with Crippen LogP contribution in [0.2, 0.25) is 5.02 Å². The maximum Gasteiger partial charge on any atom is 0.232 e. The Morgan fingerprint density at radius 3 is 2.41 bits per heavy atom. The fraction of sp³-hybridized carbons (Fsp3) is 0.486. The van der Waals surface area contributed by atoms with Gasteiger partial charge in [-0.15, -0.1) is 0 Å². The lowest BCUT2D eigenvalue weighted by Gasteiger charge is -2.34. The number of hydrogen-bond donors (Lipinski definition) is 2. The van der Waals surface area contributed by atoms with Crippen molar-refractivity contribution in [2.45, 2.75) is 83.5 Å². The van der Waals surface area contributed by atoms with Crippen LogP contribution in [0.4, 0.5) is 23.1 Å². The number of ether oxygens (including phenoxy) is 1. The number of thioether (sulfide) groups is 1. The second-order valence-electron chi connectivity index (χ2n) is 12.5. The van der Waals surface area contributed by atoms with Gasteiger partial charge in [0.15, 0.2) is 15.7 Å². The zero-order valence-corrected chi connectivity index (χ0v) is 32.5. The first-order valence-corrected chi connectivity index (χ1v) is 20.0. The molecule has 0 bridgehead atoms. The monoisotopic (exact) mass is 746 g/mol. The van der Waals surface area contributed by atoms with E-state index in [-0.39, 0.29) is 33.7 Å². The average molecular weight is 747 g/mol. The van der Waals surface area contributed by atoms with Gasteiger partial charge in [0.25, 0.3) is 0 Å². The largest absolute Gasteiger partial charge is 0.489 e. The molecule has 1 fully saturated rings. The molecule has 0 saturated carbocycles. The van der Waals surface area contributed by atoms with E-state index in [1.807, 2.05) is 38.7 Å². The summed E-state index contributed by atoms with van der Waals surface area (Å²) in [5.74, 6) is 2.04. The van der Waals surface area contributed by atoms with Crippen molar-refractivity contribution >= 4 is 78.8 Å². The number of aromatic nitrogens is 2. The number of nitrogens with zero attached hydrogens (tertiary/aromatic N) is 4. The molecular weight excluding hydrogens is 700 g/mol. The Morgan fingerprint density at radius 2 is 1.78 bits per heavy atom. The first-order chi connectivity index (χ1) is 23.2. The number of amides is 1. The van der Waals surface area contributed by atoms with Crippen LogP contribution in [-0.2, 0) is 14.6 Å². The molecule has 1 aliphatic heterocycles. The number of para-hydroxylation sites is 1. The van der Waals surface area contributed by atoms with E-state index < -0.39 is 15.1 Å². The SMILES string of the molecule is CCN(CC)C(=O)CSC(=S)N1CCC(c2cc(OC(C)C)c(Nc3ncc(Cl)c(Nc4ccccc4S(=O)(=O)C(C)C)n3)cc2C)CC1. The van der Waals surface area contributed by atoms with Crippen LogP contribution in [-0.4, -0.2) is 81.7 Å². The van der Waals surface area contributed by atoms with E-state index in [4.69, 9.17) is 28.6 Å². The molecule has 0 aliphatic carbocycles. The number of halogens is 1. The van der Waals surface area contributed by atoms with Crippen LogP contribution in [0, 0.1) is 6.92 Å². The number of nitrogens with one attached hydrogen (secondary N) is 2. The molecule has 10 nitrogen and oxygen atoms in total. The third kappa shape index (κ3) is 9.77. The van der Waals surface area contributed by atoms with Crippen LogP contribution in [0.3, 0.4) is 0 Å². The molecule has 4 rings (SSSR count). The first kappa shape index (κ1) is 38.7. The zero-order valence-electron chi connectivity index (χ0n) is 29.2. The maximum atomic E-state index is 13.0. The molecule has 1 saturated heterocycles. The number of rotatable bonds is 13. The molecular formula is C35H47ClN6O4S3. The van der Waals surface area contributed by atoms with Gasteiger partial charge in [0.2, 0.25) is 11.9 Å². The van der Waals surface area contributed by atoms with Crippen LogP contribution in [0.25, 0.3) is 0 Å². The lowest BCUT2D eigenvalue weighted by Crippen LogP contribution is -2.37. The van der Waals surface area contributed by atoms with E-state index in [0.29, 0.717) is 41.9 Å². The fourth-order valence-corrected chi connectivity index (χ4v) is 8.18. The van der Waals surface area contributed by atoms with Gasteiger partial charge in [0.1, 0.15) is 15.1 Å². The van der Waals surface area contributed by atoms with E-state index >= 15 is 0 Å². The highest BCUT2D eigenvalue weighted by atomic mass is 35.5. The number of piperidine rings is 1. The number of benzene rings is 2. The Kier molecular flexibility index (Phi) is 13.6. The Balaban J connectivity index is 1.51. The Labute approximate surface area is 305 Å². The summed E-state index contributed by atoms with van der Waals surface area (Å²) in [6, 6.07) is 10.9. The van der Waals surface area contributed by atoms with Crippen LogP contribution < -0.4 is 15.4 Å². The van der Waals surface area contributed by atoms with E-state index in [1.54, 1.807) is 38.1 Å². The molecule has 3 aromatic rings. The summed E-state index contributed by atoms with van der Waals surface area (Å²) in [6.45, 7) is 16.4. The van der Waals surface area contributed by atoms with Crippen molar-refractivity contribution in [1.82, 2.24) is 19.8 Å². The molecule has 0 unspecified atom stereocenters. The minimum Gasteiger partial charge on any atom is -0.489 e. The van der Waals surface area contributed by atoms with Gasteiger partial charge in [0, 0.05) is 26.2 Å². The predicted octanol–water partition coefficient (Wildman–Crippen LogP) is 7.96. The molecule has 14 heteroatoms. The quantitative estimate of drug-likeness (QED) is 0.166. The van der Waals surface area contributed by atoms with Gasteiger partial charge in [-0.1, -0.05) is 47.7 Å². The number of carbonyl (C=O) groups is 1. The lowest BCUT2D eigenvalue weighted by atomic mass is 9.86. The van der Waals surface area contributed by atoms with Gasteiger partial charge in [-0.3, -0.25) is 4.79 Å². The Bertz CT molecular complexity index is 1740. The number of likely N-dealkylation sites (tertiary alicyclic amines) is 1. The third-order valence-electron chi connectivity index (χ3n) is 8.42. The summed E-state index contributed by atoms with van der Waals surface area (Å²) in [6.07, 6.45) is 3.26. The number of carbonyl (C=O) groups excluding carboxylic acids is 1. The summed E-state index contributed by atoms with van der Waals surface area (Å²) in [7, 11) is -3.56. The van der Waals surface area contributed by atoms with Crippen molar-refractivity contribution in [3.05, 3.63) is 58.7 Å². The summed E-state index contributed by atoms with van der Waals surface area (Å²) in [4.78, 5) is 25.7. The highest BCUT2D eigenvalue weighted by Crippen LogP contribution is 2.39. The van der Waals surface area contributed by atoms with Crippen LogP contribution >= 0.6 is 35.6 Å². The van der Waals surface area contributed by atoms with Gasteiger partial charge < -0.3 is 25.2 Å². The normalized spacial score (nSPS) is 13.9. The van der Waals surface area contributed by atoms with Gasteiger partial charge >= 0.3 is 0 Å². The smallest absolute Gasteiger partial charge is 0.232 e. The molecule has 0 radical (unpaired) electrons. The second kappa shape index (κ2) is 17.2. The maximum absolute atomic E-state index is 13.0. The molecule has 1 amide bonds. The molecule has 1 aromatic heterocycles. The van der Waals surface area contributed by atoms with Crippen molar-refractivity contribution in [3.63, 3.8) is 0 Å². The van der Waals surface area contributed by atoms with Crippen molar-refractivity contribution in [3.8, 4) is 5.75 Å². The number of thiocarbonyl (C=S) groups is 1. The van der Waals surface area contributed by atoms with Crippen LogP contribution in [0.15, 0.2) is 47.5 Å². The minimum atomic E-state index is -3.56. The van der Waals surface area contributed by atoms with Gasteiger partial charge in [-0.2, -0.15) is 4.98 Å². The third-order valence-corrected chi connectivity index (χ3v) is 12.4. The van der Waals surface area contributed by atoms with Crippen molar-refractivity contribution in [2.75, 3.05) is 42.6 Å². The summed E-state index contributed by atoms with van der Waals surface area (Å²) in [5.41, 5.74) is 3.42. The molecule has 49 heavy (non-hydrogen) atoms. The summed E-state index contributed by atoms with van der Waals surface area (Å²) in [5, 5.41) is 6.06. The molecule has 0 atom stereocenters. The Hall–Kier alpha value is -3.13. The lowest BCUT2D eigenvalue weighted by molar-refractivity contribution is -0.127. The van der Waals surface area contributed by atoms with E-state index in [2.05, 4.69) is 38.5 Å². The van der Waals surface area contributed by atoms with Gasteiger partial charge in [-0.05, 0) is 103 Å². The second-order valence-corrected chi connectivity index (χ2v) is 17.0. The summed E-state index contributed by atoms with van der Waals surface area (Å²) < 4.78 is 33.1. The highest BCUT2D eigenvalue weighted by Gasteiger charge is 2.26. The number of anilines is 4. The van der Waals surface area contributed by atoms with E-state index in [1.165, 1.54) is 23.5 Å². The topological polar surface area (TPSA) is 117 Å². The predicted molar refractivity (Wildman–Crippen MR) is 206 cm³/mol. The first-order valence-electron chi connectivity index (χ1n) is 16.6. The standard InChI is InChI=1S/C35H47ClN6O4S3/c1-8-41(9-2)32(43)21-48-35(47)42-16-14-25(15-17-42)26-19-30(46-22(3)4)29(18-24(26)7)39-34-37-20-27(36)33(40-34)38-28-12-10-11-13-31(28)49(44,45)23(5)6/h10-13,18-20,22-23,25H,8-9,14-17,21H2,1-7H3,(H2,37,38,39,40). The summed E-state index contributed by atoms with van der Waals surface area (Å²) >= 11 is 13.6. The van der Waals surface area contributed by atoms with E-state index in [0.717, 1.165) is 35.8 Å². The molecule has 266 valence electrons. The molecule has 1 aliphatic rings. The zero-order chi connectivity index (χ0) is 35.9. The number of aryl methyl sites for hydroxylation is 1. The van der Waals surface area contributed by atoms with Crippen LogP contribution in [0.1, 0.15) is 71.4 Å². The number of hydrogen-bond acceptors (Lipinski definition) is 10. The molecule has 2 heterocycles. The minimum absolute atomic E-state index is 0.0748. The van der Waals surface area contributed by atoms with Crippen molar-refractivity contribution < 1.29 is 17.9 Å². The molecule has 0 spiro atoms. The van der Waals surface area contributed by atoms with Crippen LogP contribution in [0.5, 0.6) is 5.75 Å². The Morgan fingerprint density at radius 1 is 1.10 bits per heavy atom. The van der Waals surface area contributed by atoms with E-state index in [9.17, 15) is 13.2 Å². The number of sulfone groups is 1. The molecule has 2 N–H and O–H groups in total. The molecule has 2 aromatic carbocycles. The van der Waals surface area contributed by atoms with Gasteiger partial charge in [0.05, 0.1) is 39.6 Å². The van der Waals surface area contributed by atoms with Crippen molar-refractivity contribution in [1.29, 1.82) is 0 Å².